The molecule has 1 saturated heterocycles. The number of benzene rings is 1. The monoisotopic (exact) mass is 344 g/mol. The lowest BCUT2D eigenvalue weighted by molar-refractivity contribution is -0.292. The highest BCUT2D eigenvalue weighted by Crippen LogP contribution is 2.24. The average molecular weight is 344 g/mol. The number of aryl methyl sites for hydroxylation is 1. The maximum absolute atomic E-state index is 10.1. The first-order valence-electron chi connectivity index (χ1n) is 7.06. The van der Waals surface area contributed by atoms with Gasteiger partial charge in [0.15, 0.2) is 12.4 Å². The third kappa shape index (κ3) is 4.37. The van der Waals surface area contributed by atoms with Crippen LogP contribution in [-0.4, -0.2) is 65.0 Å². The fraction of sp³-hybridized carbons (Fsp3) is 0.533. The van der Waals surface area contributed by atoms with E-state index in [2.05, 4.69) is 0 Å². The number of aliphatic hydroxyl groups excluding tert-OH is 3. The molecule has 3 N–H and O–H groups in total. The fourth-order valence-corrected chi connectivity index (χ4v) is 2.43. The minimum Gasteiger partial charge on any atom is -0.447 e. The summed E-state index contributed by atoms with van der Waals surface area (Å²) in [5, 5.41) is 29.2. The molecule has 1 aromatic rings. The lowest BCUT2D eigenvalue weighted by atomic mass is 9.99. The van der Waals surface area contributed by atoms with Crippen LogP contribution in [0.4, 0.5) is 0 Å². The molecule has 1 heterocycles. The predicted molar refractivity (Wildman–Crippen MR) is 84.0 cm³/mol. The summed E-state index contributed by atoms with van der Waals surface area (Å²) in [6, 6.07) is 7.13. The molecular formula is C15H20O7S. The summed E-state index contributed by atoms with van der Waals surface area (Å²) in [6.07, 6.45) is -5.75. The van der Waals surface area contributed by atoms with Crippen molar-refractivity contribution in [3.05, 3.63) is 29.8 Å². The molecule has 8 heteroatoms. The van der Waals surface area contributed by atoms with E-state index in [1.807, 2.05) is 19.1 Å². The third-order valence-electron chi connectivity index (χ3n) is 3.51. The summed E-state index contributed by atoms with van der Waals surface area (Å²) in [4.78, 5) is 0. The van der Waals surface area contributed by atoms with E-state index in [-0.39, 0.29) is 5.24 Å². The van der Waals surface area contributed by atoms with Gasteiger partial charge < -0.3 is 34.3 Å². The van der Waals surface area contributed by atoms with Gasteiger partial charge in [-0.05, 0) is 19.1 Å². The molecule has 2 rings (SSSR count). The normalized spacial score (nSPS) is 30.7. The maximum atomic E-state index is 10.1. The van der Waals surface area contributed by atoms with E-state index < -0.39 is 37.3 Å². The van der Waals surface area contributed by atoms with E-state index in [1.165, 1.54) is 7.11 Å². The van der Waals surface area contributed by atoms with Gasteiger partial charge in [-0.25, -0.2) is 0 Å². The molecule has 5 atom stereocenters. The van der Waals surface area contributed by atoms with Gasteiger partial charge in [-0.15, -0.1) is 0 Å². The zero-order valence-electron chi connectivity index (χ0n) is 12.8. The molecule has 0 radical (unpaired) electrons. The first-order chi connectivity index (χ1) is 11.0. The van der Waals surface area contributed by atoms with E-state index in [9.17, 15) is 15.3 Å². The second kappa shape index (κ2) is 8.00. The van der Waals surface area contributed by atoms with Gasteiger partial charge in [-0.2, -0.15) is 0 Å². The highest BCUT2D eigenvalue weighted by atomic mass is 32.1. The van der Waals surface area contributed by atoms with Gasteiger partial charge in [0.1, 0.15) is 24.1 Å². The van der Waals surface area contributed by atoms with E-state index in [0.717, 1.165) is 5.56 Å². The van der Waals surface area contributed by atoms with E-state index in [0.29, 0.717) is 5.75 Å². The number of methoxy groups -OCH3 is 1. The Labute approximate surface area is 139 Å². The van der Waals surface area contributed by atoms with Gasteiger partial charge in [0.25, 0.3) is 0 Å². The van der Waals surface area contributed by atoms with Crippen molar-refractivity contribution in [3.63, 3.8) is 0 Å². The summed E-state index contributed by atoms with van der Waals surface area (Å²) in [5.41, 5.74) is 1.06. The quantitative estimate of drug-likeness (QED) is 0.663. The van der Waals surface area contributed by atoms with Crippen LogP contribution in [0.15, 0.2) is 24.3 Å². The number of thiocarbonyl (C=S) groups is 1. The molecule has 0 amide bonds. The van der Waals surface area contributed by atoms with Crippen molar-refractivity contribution < 1.29 is 34.3 Å². The van der Waals surface area contributed by atoms with Crippen LogP contribution in [-0.2, 0) is 14.2 Å². The largest absolute Gasteiger partial charge is 0.447 e. The van der Waals surface area contributed by atoms with Crippen LogP contribution in [0.3, 0.4) is 0 Å². The molecule has 1 aliphatic rings. The van der Waals surface area contributed by atoms with Crippen LogP contribution in [0, 0.1) is 6.92 Å². The third-order valence-corrected chi connectivity index (χ3v) is 3.69. The zero-order valence-corrected chi connectivity index (χ0v) is 13.6. The molecule has 0 bridgehead atoms. The first-order valence-corrected chi connectivity index (χ1v) is 7.47. The van der Waals surface area contributed by atoms with Crippen molar-refractivity contribution in [3.8, 4) is 5.75 Å². The van der Waals surface area contributed by atoms with Gasteiger partial charge in [0, 0.05) is 19.3 Å². The molecule has 7 nitrogen and oxygen atoms in total. The summed E-state index contributed by atoms with van der Waals surface area (Å²) >= 11 is 4.99. The van der Waals surface area contributed by atoms with Crippen LogP contribution in [0.2, 0.25) is 0 Å². The molecular weight excluding hydrogens is 324 g/mol. The van der Waals surface area contributed by atoms with Crippen molar-refractivity contribution >= 4 is 17.5 Å². The Hall–Kier alpha value is -1.29. The first kappa shape index (κ1) is 18.1. The van der Waals surface area contributed by atoms with E-state index >= 15 is 0 Å². The smallest absolute Gasteiger partial charge is 0.358 e. The van der Waals surface area contributed by atoms with Crippen molar-refractivity contribution in [2.75, 3.05) is 13.7 Å². The molecule has 0 unspecified atom stereocenters. The zero-order chi connectivity index (χ0) is 17.0. The topological polar surface area (TPSA) is 97.6 Å². The number of hydrogen-bond acceptors (Lipinski definition) is 8. The molecule has 0 spiro atoms. The fourth-order valence-electron chi connectivity index (χ4n) is 2.22. The Balaban J connectivity index is 2.03. The Morgan fingerprint density at radius 3 is 2.43 bits per heavy atom. The second-order valence-corrected chi connectivity index (χ2v) is 5.52. The van der Waals surface area contributed by atoms with Crippen LogP contribution in [0.1, 0.15) is 5.56 Å². The lowest BCUT2D eigenvalue weighted by Gasteiger charge is -2.40. The average Bonchev–Trinajstić information content (AvgIpc) is 2.54. The van der Waals surface area contributed by atoms with Crippen molar-refractivity contribution in [1.29, 1.82) is 0 Å². The molecule has 0 saturated carbocycles. The molecule has 0 aromatic heterocycles. The van der Waals surface area contributed by atoms with Crippen LogP contribution in [0.25, 0.3) is 0 Å². The molecule has 1 aliphatic heterocycles. The second-order valence-electron chi connectivity index (χ2n) is 5.19. The Kier molecular flexibility index (Phi) is 6.28. The Morgan fingerprint density at radius 1 is 1.22 bits per heavy atom. The number of ether oxygens (including phenoxy) is 4. The van der Waals surface area contributed by atoms with E-state index in [4.69, 9.17) is 31.2 Å². The number of rotatable bonds is 4. The molecule has 23 heavy (non-hydrogen) atoms. The Bertz CT molecular complexity index is 505. The van der Waals surface area contributed by atoms with Crippen LogP contribution in [0.5, 0.6) is 5.75 Å². The lowest BCUT2D eigenvalue weighted by Crippen LogP contribution is -2.60. The SMILES string of the molecule is CO[C@H]1O[C@H](CO)[C@@H](O)[C@H](OC(=S)Oc2ccc(C)cc2)[C@@H]1O. The van der Waals surface area contributed by atoms with Crippen LogP contribution >= 0.6 is 12.2 Å². The van der Waals surface area contributed by atoms with Crippen LogP contribution < -0.4 is 4.74 Å². The summed E-state index contributed by atoms with van der Waals surface area (Å²) in [6.45, 7) is 1.48. The number of hydrogen-bond donors (Lipinski definition) is 3. The van der Waals surface area contributed by atoms with Crippen molar-refractivity contribution in [1.82, 2.24) is 0 Å². The predicted octanol–water partition coefficient (Wildman–Crippen LogP) is 0.129. The molecule has 0 aliphatic carbocycles. The summed E-state index contributed by atoms with van der Waals surface area (Å²) in [7, 11) is 1.33. The molecule has 1 aromatic carbocycles. The van der Waals surface area contributed by atoms with Gasteiger partial charge in [-0.1, -0.05) is 17.7 Å². The maximum Gasteiger partial charge on any atom is 0.358 e. The van der Waals surface area contributed by atoms with Crippen molar-refractivity contribution in [2.24, 2.45) is 0 Å². The van der Waals surface area contributed by atoms with Gasteiger partial charge in [-0.3, -0.25) is 0 Å². The molecule has 128 valence electrons. The highest BCUT2D eigenvalue weighted by Gasteiger charge is 2.46. The van der Waals surface area contributed by atoms with E-state index in [1.54, 1.807) is 12.1 Å². The molecule has 1 fully saturated rings. The van der Waals surface area contributed by atoms with Gasteiger partial charge in [0.05, 0.1) is 6.61 Å². The standard InChI is InChI=1S/C15H20O7S/c1-8-3-5-9(6-4-8)20-15(23)22-13-11(17)10(7-16)21-14(19-2)12(13)18/h3-6,10-14,16-18H,7H2,1-2H3/t10-,11-,12+,13+,14+/m1/s1. The summed E-state index contributed by atoms with van der Waals surface area (Å²) < 4.78 is 20.9. The van der Waals surface area contributed by atoms with Gasteiger partial charge in [0.2, 0.25) is 0 Å². The summed E-state index contributed by atoms with van der Waals surface area (Å²) in [5.74, 6) is 0.471. The minimum absolute atomic E-state index is 0.259. The minimum atomic E-state index is -1.29. The highest BCUT2D eigenvalue weighted by molar-refractivity contribution is 7.79. The number of aliphatic hydroxyl groups is 3. The van der Waals surface area contributed by atoms with Crippen molar-refractivity contribution in [2.45, 2.75) is 37.6 Å². The Morgan fingerprint density at radius 2 is 1.87 bits per heavy atom. The van der Waals surface area contributed by atoms with Gasteiger partial charge >= 0.3 is 5.24 Å².